The number of carbonyl (C=O) groups excluding carboxylic acids is 1. The standard InChI is InChI=1S/C15H19ClF2N2O3/c1-15(2,9-3-4-10(16)13(18)12(9)17)20-14(22)11-5-19-8(6-21)7-23-11/h3-4,8,11,19,21H,5-7H2,1-2H3,(H,20,22)/t8-,11+/m1/s1. The summed E-state index contributed by atoms with van der Waals surface area (Å²) in [6.45, 7) is 3.45. The van der Waals surface area contributed by atoms with E-state index in [0.717, 1.165) is 0 Å². The monoisotopic (exact) mass is 348 g/mol. The van der Waals surface area contributed by atoms with Gasteiger partial charge in [0.25, 0.3) is 5.91 Å². The Balaban J connectivity index is 2.09. The second-order valence-electron chi connectivity index (χ2n) is 5.95. The summed E-state index contributed by atoms with van der Waals surface area (Å²) in [5.74, 6) is -2.69. The van der Waals surface area contributed by atoms with Crippen molar-refractivity contribution in [2.45, 2.75) is 31.5 Å². The number of rotatable bonds is 4. The van der Waals surface area contributed by atoms with Crippen molar-refractivity contribution >= 4 is 17.5 Å². The molecule has 2 rings (SSSR count). The lowest BCUT2D eigenvalue weighted by atomic mass is 9.93. The van der Waals surface area contributed by atoms with Crippen LogP contribution in [0.2, 0.25) is 5.02 Å². The fourth-order valence-electron chi connectivity index (χ4n) is 2.37. The van der Waals surface area contributed by atoms with E-state index in [2.05, 4.69) is 10.6 Å². The van der Waals surface area contributed by atoms with Crippen molar-refractivity contribution in [3.63, 3.8) is 0 Å². The Morgan fingerprint density at radius 3 is 2.74 bits per heavy atom. The first kappa shape index (κ1) is 18.1. The number of benzene rings is 1. The van der Waals surface area contributed by atoms with Crippen molar-refractivity contribution < 1.29 is 23.4 Å². The SMILES string of the molecule is CC(C)(NC(=O)[C@@H]1CN[C@H](CO)CO1)c1ccc(Cl)c(F)c1F. The summed E-state index contributed by atoms with van der Waals surface area (Å²) in [4.78, 5) is 12.3. The number of aliphatic hydroxyl groups excluding tert-OH is 1. The number of nitrogens with one attached hydrogen (secondary N) is 2. The first-order chi connectivity index (χ1) is 10.8. The predicted molar refractivity (Wildman–Crippen MR) is 81.2 cm³/mol. The first-order valence-electron chi connectivity index (χ1n) is 7.18. The molecule has 1 amide bonds. The zero-order valence-electron chi connectivity index (χ0n) is 12.8. The van der Waals surface area contributed by atoms with Crippen LogP contribution in [-0.4, -0.2) is 42.9 Å². The van der Waals surface area contributed by atoms with Gasteiger partial charge < -0.3 is 20.5 Å². The number of aliphatic hydroxyl groups is 1. The maximum atomic E-state index is 14.1. The van der Waals surface area contributed by atoms with Gasteiger partial charge in [0.15, 0.2) is 11.6 Å². The third-order valence-electron chi connectivity index (χ3n) is 3.75. The van der Waals surface area contributed by atoms with Crippen LogP contribution in [0.3, 0.4) is 0 Å². The second-order valence-corrected chi connectivity index (χ2v) is 6.35. The van der Waals surface area contributed by atoms with E-state index in [1.54, 1.807) is 13.8 Å². The molecule has 128 valence electrons. The van der Waals surface area contributed by atoms with E-state index in [9.17, 15) is 13.6 Å². The van der Waals surface area contributed by atoms with Crippen LogP contribution in [0.25, 0.3) is 0 Å². The average molecular weight is 349 g/mol. The zero-order valence-corrected chi connectivity index (χ0v) is 13.6. The van der Waals surface area contributed by atoms with Crippen molar-refractivity contribution in [1.29, 1.82) is 0 Å². The van der Waals surface area contributed by atoms with E-state index >= 15 is 0 Å². The van der Waals surface area contributed by atoms with Gasteiger partial charge in [-0.15, -0.1) is 0 Å². The van der Waals surface area contributed by atoms with Crippen LogP contribution < -0.4 is 10.6 Å². The first-order valence-corrected chi connectivity index (χ1v) is 7.56. The summed E-state index contributed by atoms with van der Waals surface area (Å²) < 4.78 is 33.1. The molecule has 0 bridgehead atoms. The van der Waals surface area contributed by atoms with Crippen LogP contribution in [0.4, 0.5) is 8.78 Å². The summed E-state index contributed by atoms with van der Waals surface area (Å²) in [6, 6.07) is 2.37. The number of halogens is 3. The minimum absolute atomic E-state index is 0.00949. The number of carbonyl (C=O) groups is 1. The van der Waals surface area contributed by atoms with Crippen LogP contribution >= 0.6 is 11.6 Å². The van der Waals surface area contributed by atoms with Gasteiger partial charge in [0.1, 0.15) is 6.10 Å². The molecule has 0 saturated carbocycles. The molecule has 23 heavy (non-hydrogen) atoms. The average Bonchev–Trinajstić information content (AvgIpc) is 2.52. The minimum atomic E-state index is -1.15. The third kappa shape index (κ3) is 3.98. The fourth-order valence-corrected chi connectivity index (χ4v) is 2.52. The smallest absolute Gasteiger partial charge is 0.251 e. The molecule has 1 aliphatic rings. The molecule has 0 aliphatic carbocycles. The van der Waals surface area contributed by atoms with E-state index in [-0.39, 0.29) is 36.4 Å². The number of hydrogen-bond donors (Lipinski definition) is 3. The Bertz CT molecular complexity index is 590. The second kappa shape index (κ2) is 7.09. The molecule has 0 aromatic heterocycles. The molecule has 3 N–H and O–H groups in total. The van der Waals surface area contributed by atoms with Crippen molar-refractivity contribution in [2.75, 3.05) is 19.8 Å². The van der Waals surface area contributed by atoms with Gasteiger partial charge >= 0.3 is 0 Å². The number of ether oxygens (including phenoxy) is 1. The van der Waals surface area contributed by atoms with E-state index in [4.69, 9.17) is 21.4 Å². The highest BCUT2D eigenvalue weighted by atomic mass is 35.5. The van der Waals surface area contributed by atoms with E-state index in [0.29, 0.717) is 0 Å². The molecule has 2 atom stereocenters. The van der Waals surface area contributed by atoms with E-state index in [1.165, 1.54) is 12.1 Å². The van der Waals surface area contributed by atoms with E-state index < -0.39 is 29.2 Å². The normalized spacial score (nSPS) is 22.0. The van der Waals surface area contributed by atoms with Gasteiger partial charge in [0.05, 0.1) is 29.8 Å². The Kier molecular flexibility index (Phi) is 5.57. The molecule has 0 radical (unpaired) electrons. The minimum Gasteiger partial charge on any atom is -0.395 e. The molecule has 0 unspecified atom stereocenters. The molecule has 1 saturated heterocycles. The van der Waals surface area contributed by atoms with E-state index in [1.807, 2.05) is 0 Å². The Hall–Kier alpha value is -1.28. The third-order valence-corrected chi connectivity index (χ3v) is 4.04. The summed E-state index contributed by atoms with van der Waals surface area (Å²) >= 11 is 5.54. The zero-order chi connectivity index (χ0) is 17.2. The van der Waals surface area contributed by atoms with Gasteiger partial charge in [0.2, 0.25) is 0 Å². The molecule has 8 heteroatoms. The molecule has 1 fully saturated rings. The fraction of sp³-hybridized carbons (Fsp3) is 0.533. The summed E-state index contributed by atoms with van der Waals surface area (Å²) in [6.07, 6.45) is -0.766. The largest absolute Gasteiger partial charge is 0.395 e. The van der Waals surface area contributed by atoms with Gasteiger partial charge in [-0.05, 0) is 19.9 Å². The summed E-state index contributed by atoms with van der Waals surface area (Å²) in [7, 11) is 0. The molecule has 1 aromatic carbocycles. The predicted octanol–water partition coefficient (Wildman–Crippen LogP) is 1.32. The molecule has 5 nitrogen and oxygen atoms in total. The molecule has 1 aliphatic heterocycles. The number of amides is 1. The molecule has 1 heterocycles. The Labute approximate surface area is 138 Å². The van der Waals surface area contributed by atoms with Crippen LogP contribution in [-0.2, 0) is 15.1 Å². The highest BCUT2D eigenvalue weighted by molar-refractivity contribution is 6.30. The summed E-state index contributed by atoms with van der Waals surface area (Å²) in [5, 5.41) is 14.3. The van der Waals surface area contributed by atoms with Crippen molar-refractivity contribution in [3.05, 3.63) is 34.4 Å². The lowest BCUT2D eigenvalue weighted by molar-refractivity contribution is -0.137. The Morgan fingerprint density at radius 2 is 2.17 bits per heavy atom. The van der Waals surface area contributed by atoms with Gasteiger partial charge in [-0.2, -0.15) is 0 Å². The lowest BCUT2D eigenvalue weighted by Crippen LogP contribution is -2.56. The highest BCUT2D eigenvalue weighted by Crippen LogP contribution is 2.28. The summed E-state index contributed by atoms with van der Waals surface area (Å²) in [5.41, 5.74) is -1.16. The maximum Gasteiger partial charge on any atom is 0.251 e. The van der Waals surface area contributed by atoms with Gasteiger partial charge in [-0.1, -0.05) is 17.7 Å². The van der Waals surface area contributed by atoms with Crippen LogP contribution in [0.5, 0.6) is 0 Å². The number of hydrogen-bond acceptors (Lipinski definition) is 4. The number of morpholine rings is 1. The highest BCUT2D eigenvalue weighted by Gasteiger charge is 2.33. The van der Waals surface area contributed by atoms with Gasteiger partial charge in [-0.25, -0.2) is 8.78 Å². The van der Waals surface area contributed by atoms with Gasteiger partial charge in [-0.3, -0.25) is 4.79 Å². The topological polar surface area (TPSA) is 70.6 Å². The Morgan fingerprint density at radius 1 is 1.48 bits per heavy atom. The molecule has 1 aromatic rings. The maximum absolute atomic E-state index is 14.1. The molecular weight excluding hydrogens is 330 g/mol. The van der Waals surface area contributed by atoms with Crippen molar-refractivity contribution in [2.24, 2.45) is 0 Å². The molecular formula is C15H19ClF2N2O3. The quantitative estimate of drug-likeness (QED) is 0.718. The van der Waals surface area contributed by atoms with Crippen LogP contribution in [0.15, 0.2) is 12.1 Å². The molecule has 0 spiro atoms. The van der Waals surface area contributed by atoms with Crippen molar-refractivity contribution in [1.82, 2.24) is 10.6 Å². The van der Waals surface area contributed by atoms with Crippen LogP contribution in [0, 0.1) is 11.6 Å². The van der Waals surface area contributed by atoms with Crippen LogP contribution in [0.1, 0.15) is 19.4 Å². The van der Waals surface area contributed by atoms with Crippen molar-refractivity contribution in [3.8, 4) is 0 Å². The van der Waals surface area contributed by atoms with Gasteiger partial charge in [0, 0.05) is 12.1 Å². The lowest BCUT2D eigenvalue weighted by Gasteiger charge is -2.33.